The van der Waals surface area contributed by atoms with Gasteiger partial charge in [-0.1, -0.05) is 12.1 Å². The van der Waals surface area contributed by atoms with Crippen LogP contribution in [-0.2, 0) is 4.79 Å². The van der Waals surface area contributed by atoms with Crippen LogP contribution < -0.4 is 0 Å². The third-order valence-electron chi connectivity index (χ3n) is 3.93. The van der Waals surface area contributed by atoms with Crippen molar-refractivity contribution in [3.63, 3.8) is 0 Å². The molecule has 0 N–H and O–H groups in total. The van der Waals surface area contributed by atoms with Crippen molar-refractivity contribution in [2.45, 2.75) is 6.92 Å². The summed E-state index contributed by atoms with van der Waals surface area (Å²) in [4.78, 5) is 31.7. The molecule has 0 bridgehead atoms. The molecule has 5 nitrogen and oxygen atoms in total. The Balaban J connectivity index is 1.84. The average Bonchev–Trinajstić information content (AvgIpc) is 2.53. The van der Waals surface area contributed by atoms with Crippen LogP contribution >= 0.6 is 0 Å². The second kappa shape index (κ2) is 5.52. The molecule has 3 rings (SSSR count). The molecule has 1 saturated heterocycles. The van der Waals surface area contributed by atoms with Crippen LogP contribution in [0.1, 0.15) is 17.3 Å². The molecular weight excluding hydrogens is 266 g/mol. The van der Waals surface area contributed by atoms with Gasteiger partial charge in [0.15, 0.2) is 0 Å². The number of carbonyl (C=O) groups is 2. The second-order valence-corrected chi connectivity index (χ2v) is 5.20. The molecule has 2 amide bonds. The van der Waals surface area contributed by atoms with Crippen molar-refractivity contribution in [2.75, 3.05) is 26.2 Å². The number of piperazine rings is 1. The van der Waals surface area contributed by atoms with E-state index in [1.54, 1.807) is 29.1 Å². The maximum Gasteiger partial charge on any atom is 0.254 e. The zero-order valence-corrected chi connectivity index (χ0v) is 12.0. The van der Waals surface area contributed by atoms with Gasteiger partial charge in [-0.05, 0) is 17.5 Å². The predicted molar refractivity (Wildman–Crippen MR) is 79.9 cm³/mol. The van der Waals surface area contributed by atoms with Crippen molar-refractivity contribution in [1.82, 2.24) is 14.8 Å². The summed E-state index contributed by atoms with van der Waals surface area (Å²) in [5.41, 5.74) is 0.678. The van der Waals surface area contributed by atoms with Gasteiger partial charge < -0.3 is 9.80 Å². The van der Waals surface area contributed by atoms with Gasteiger partial charge in [0.2, 0.25) is 5.91 Å². The molecule has 1 aliphatic heterocycles. The van der Waals surface area contributed by atoms with E-state index < -0.39 is 0 Å². The summed E-state index contributed by atoms with van der Waals surface area (Å²) in [5.74, 6) is 0.0771. The molecule has 1 aliphatic rings. The number of benzene rings is 1. The third kappa shape index (κ3) is 2.59. The van der Waals surface area contributed by atoms with E-state index in [0.29, 0.717) is 31.7 Å². The van der Waals surface area contributed by atoms with Gasteiger partial charge >= 0.3 is 0 Å². The molecule has 0 atom stereocenters. The zero-order chi connectivity index (χ0) is 14.8. The Hall–Kier alpha value is -2.43. The second-order valence-electron chi connectivity index (χ2n) is 5.20. The summed E-state index contributed by atoms with van der Waals surface area (Å²) in [6, 6.07) is 7.60. The van der Waals surface area contributed by atoms with Crippen molar-refractivity contribution < 1.29 is 9.59 Å². The first-order valence-corrected chi connectivity index (χ1v) is 7.04. The third-order valence-corrected chi connectivity index (χ3v) is 3.93. The molecule has 2 heterocycles. The first-order valence-electron chi connectivity index (χ1n) is 7.04. The standard InChI is InChI=1S/C16H17N3O2/c1-12(20)18-7-9-19(10-8-18)16(21)14-4-2-3-13-5-6-17-11-15(13)14/h2-6,11H,7-10H2,1H3. The Morgan fingerprint density at radius 1 is 1.05 bits per heavy atom. The minimum Gasteiger partial charge on any atom is -0.339 e. The van der Waals surface area contributed by atoms with Crippen LogP contribution in [0.5, 0.6) is 0 Å². The van der Waals surface area contributed by atoms with E-state index in [-0.39, 0.29) is 11.8 Å². The fourth-order valence-electron chi connectivity index (χ4n) is 2.69. The first kappa shape index (κ1) is 13.5. The number of pyridine rings is 1. The number of hydrogen-bond acceptors (Lipinski definition) is 3. The van der Waals surface area contributed by atoms with Gasteiger partial charge in [0.1, 0.15) is 0 Å². The van der Waals surface area contributed by atoms with E-state index in [4.69, 9.17) is 0 Å². The molecule has 108 valence electrons. The Labute approximate surface area is 123 Å². The Bertz CT molecular complexity index is 685. The SMILES string of the molecule is CC(=O)N1CCN(C(=O)c2cccc3ccncc23)CC1. The summed E-state index contributed by atoms with van der Waals surface area (Å²) in [5, 5.41) is 1.89. The van der Waals surface area contributed by atoms with Crippen molar-refractivity contribution in [1.29, 1.82) is 0 Å². The van der Waals surface area contributed by atoms with Gasteiger partial charge in [-0.2, -0.15) is 0 Å². The largest absolute Gasteiger partial charge is 0.339 e. The summed E-state index contributed by atoms with van der Waals surface area (Å²) in [7, 11) is 0. The molecule has 1 aromatic heterocycles. The van der Waals surface area contributed by atoms with Crippen LogP contribution in [0.2, 0.25) is 0 Å². The van der Waals surface area contributed by atoms with Crippen molar-refractivity contribution in [3.8, 4) is 0 Å². The van der Waals surface area contributed by atoms with Gasteiger partial charge in [-0.25, -0.2) is 0 Å². The van der Waals surface area contributed by atoms with Crippen molar-refractivity contribution in [2.24, 2.45) is 0 Å². The lowest BCUT2D eigenvalue weighted by molar-refractivity contribution is -0.130. The first-order chi connectivity index (χ1) is 10.2. The molecule has 5 heteroatoms. The quantitative estimate of drug-likeness (QED) is 0.797. The number of rotatable bonds is 1. The lowest BCUT2D eigenvalue weighted by Crippen LogP contribution is -2.50. The van der Waals surface area contributed by atoms with Crippen LogP contribution in [0.25, 0.3) is 10.8 Å². The molecule has 0 aliphatic carbocycles. The Morgan fingerprint density at radius 2 is 1.76 bits per heavy atom. The van der Waals surface area contributed by atoms with Gasteiger partial charge in [0, 0.05) is 56.4 Å². The fourth-order valence-corrected chi connectivity index (χ4v) is 2.69. The average molecular weight is 283 g/mol. The number of fused-ring (bicyclic) bond motifs is 1. The van der Waals surface area contributed by atoms with Crippen LogP contribution in [0.4, 0.5) is 0 Å². The van der Waals surface area contributed by atoms with E-state index in [0.717, 1.165) is 10.8 Å². The monoisotopic (exact) mass is 283 g/mol. The fraction of sp³-hybridized carbons (Fsp3) is 0.312. The normalized spacial score (nSPS) is 15.3. The van der Waals surface area contributed by atoms with Crippen LogP contribution in [0.15, 0.2) is 36.7 Å². The maximum absolute atomic E-state index is 12.7. The van der Waals surface area contributed by atoms with Gasteiger partial charge in [-0.15, -0.1) is 0 Å². The molecule has 0 saturated carbocycles. The summed E-state index contributed by atoms with van der Waals surface area (Å²) >= 11 is 0. The lowest BCUT2D eigenvalue weighted by atomic mass is 10.1. The van der Waals surface area contributed by atoms with Crippen LogP contribution in [0.3, 0.4) is 0 Å². The smallest absolute Gasteiger partial charge is 0.254 e. The summed E-state index contributed by atoms with van der Waals surface area (Å²) in [6.07, 6.45) is 3.45. The van der Waals surface area contributed by atoms with Crippen LogP contribution in [0, 0.1) is 0 Å². The van der Waals surface area contributed by atoms with E-state index >= 15 is 0 Å². The van der Waals surface area contributed by atoms with Gasteiger partial charge in [0.25, 0.3) is 5.91 Å². The summed E-state index contributed by atoms with van der Waals surface area (Å²) < 4.78 is 0. The highest BCUT2D eigenvalue weighted by atomic mass is 16.2. The maximum atomic E-state index is 12.7. The van der Waals surface area contributed by atoms with Crippen molar-refractivity contribution in [3.05, 3.63) is 42.2 Å². The van der Waals surface area contributed by atoms with Crippen molar-refractivity contribution >= 4 is 22.6 Å². The minimum atomic E-state index is 0.0109. The highest BCUT2D eigenvalue weighted by molar-refractivity contribution is 6.06. The number of nitrogens with zero attached hydrogens (tertiary/aromatic N) is 3. The number of carbonyl (C=O) groups excluding carboxylic acids is 2. The predicted octanol–water partition coefficient (Wildman–Crippen LogP) is 1.54. The van der Waals surface area contributed by atoms with E-state index in [2.05, 4.69) is 4.98 Å². The number of hydrogen-bond donors (Lipinski definition) is 0. The topological polar surface area (TPSA) is 53.5 Å². The molecular formula is C16H17N3O2. The van der Waals surface area contributed by atoms with E-state index in [1.807, 2.05) is 24.3 Å². The van der Waals surface area contributed by atoms with E-state index in [9.17, 15) is 9.59 Å². The minimum absolute atomic E-state index is 0.0109. The molecule has 0 spiro atoms. The van der Waals surface area contributed by atoms with Gasteiger partial charge in [-0.3, -0.25) is 14.6 Å². The Kier molecular flexibility index (Phi) is 3.56. The molecule has 21 heavy (non-hydrogen) atoms. The van der Waals surface area contributed by atoms with E-state index in [1.165, 1.54) is 0 Å². The summed E-state index contributed by atoms with van der Waals surface area (Å²) in [6.45, 7) is 3.92. The molecule has 0 unspecified atom stereocenters. The molecule has 0 radical (unpaired) electrons. The zero-order valence-electron chi connectivity index (χ0n) is 12.0. The Morgan fingerprint density at radius 3 is 2.48 bits per heavy atom. The number of aromatic nitrogens is 1. The molecule has 1 aromatic carbocycles. The van der Waals surface area contributed by atoms with Gasteiger partial charge in [0.05, 0.1) is 0 Å². The highest BCUT2D eigenvalue weighted by Gasteiger charge is 2.24. The molecule has 1 fully saturated rings. The van der Waals surface area contributed by atoms with Crippen LogP contribution in [-0.4, -0.2) is 52.8 Å². The highest BCUT2D eigenvalue weighted by Crippen LogP contribution is 2.19. The molecule has 2 aromatic rings. The lowest BCUT2D eigenvalue weighted by Gasteiger charge is -2.34. The number of amides is 2.